The van der Waals surface area contributed by atoms with Crippen LogP contribution in [0.15, 0.2) is 86.0 Å². The molecule has 0 aromatic carbocycles. The molecule has 5 N–H and O–H groups in total. The van der Waals surface area contributed by atoms with E-state index in [-0.39, 0.29) is 39.6 Å². The zero-order valence-corrected chi connectivity index (χ0v) is 45.0. The maximum absolute atomic E-state index is 13.9. The van der Waals surface area contributed by atoms with Crippen molar-refractivity contribution in [3.8, 4) is 21.1 Å². The zero-order chi connectivity index (χ0) is 51.6. The van der Waals surface area contributed by atoms with E-state index in [2.05, 4.69) is 71.1 Å². The molecule has 0 bridgehead atoms. The number of nitrogens with zero attached hydrogens (tertiary/aromatic N) is 12. The molecule has 0 aliphatic carbocycles. The normalized spacial score (nSPS) is 11.4. The summed E-state index contributed by atoms with van der Waals surface area (Å²) in [7, 11) is -0.814. The Morgan fingerprint density at radius 1 is 0.632 bits per heavy atom. The minimum absolute atomic E-state index is 0. The fraction of sp³-hybridized carbons (Fsp3) is 0.292. The Hall–Kier alpha value is -6.07. The maximum Gasteiger partial charge on any atom is 0.309 e. The fourth-order valence-corrected chi connectivity index (χ4v) is 12.2. The van der Waals surface area contributed by atoms with Crippen molar-refractivity contribution in [2.75, 3.05) is 50.9 Å². The molecule has 10 aromatic rings. The van der Waals surface area contributed by atoms with Gasteiger partial charge in [-0.05, 0) is 48.5 Å². The van der Waals surface area contributed by atoms with Gasteiger partial charge in [0.1, 0.15) is 56.6 Å². The molecule has 0 atom stereocenters. The van der Waals surface area contributed by atoms with Crippen LogP contribution in [0.1, 0.15) is 47.9 Å². The number of fused-ring (bicyclic) bond motifs is 2. The number of nitrogens with one attached hydrogen (secondary N) is 5. The molecule has 0 saturated carbocycles. The van der Waals surface area contributed by atoms with Crippen LogP contribution in [0.25, 0.3) is 41.8 Å². The highest BCUT2D eigenvalue weighted by atomic mass is 35.5. The first kappa shape index (κ1) is 57.6. The Morgan fingerprint density at radius 2 is 1.16 bits per heavy atom. The lowest BCUT2D eigenvalue weighted by molar-refractivity contribution is 0.508. The third kappa shape index (κ3) is 14.3. The predicted molar refractivity (Wildman–Crippen MR) is 303 cm³/mol. The number of thiazole rings is 2. The molecule has 10 rings (SSSR count). The lowest BCUT2D eigenvalue weighted by Crippen LogP contribution is -2.31. The summed E-state index contributed by atoms with van der Waals surface area (Å²) in [6.45, 7) is 3.10. The predicted octanol–water partition coefficient (Wildman–Crippen LogP) is 9.82. The van der Waals surface area contributed by atoms with Crippen LogP contribution in [-0.2, 0) is 49.0 Å². The molecule has 0 aliphatic heterocycles. The van der Waals surface area contributed by atoms with Crippen molar-refractivity contribution in [2.45, 2.75) is 53.6 Å². The number of imidazole rings is 2. The number of hydrogen-bond acceptors (Lipinski definition) is 20. The van der Waals surface area contributed by atoms with E-state index in [0.717, 1.165) is 75.5 Å². The van der Waals surface area contributed by atoms with Crippen LogP contribution in [0.5, 0.6) is 0 Å². The van der Waals surface area contributed by atoms with E-state index in [1.807, 2.05) is 18.3 Å². The van der Waals surface area contributed by atoms with Crippen LogP contribution in [0.3, 0.4) is 0 Å². The van der Waals surface area contributed by atoms with Crippen LogP contribution in [0.2, 0.25) is 8.67 Å². The first-order valence-electron chi connectivity index (χ1n) is 22.7. The fourth-order valence-electron chi connectivity index (χ4n) is 7.20. The van der Waals surface area contributed by atoms with Gasteiger partial charge in [0.05, 0.1) is 76.7 Å². The molecule has 0 radical (unpaired) electrons. The van der Waals surface area contributed by atoms with E-state index in [4.69, 9.17) is 28.2 Å². The summed E-state index contributed by atoms with van der Waals surface area (Å²) in [4.78, 5) is 50.2. The van der Waals surface area contributed by atoms with Gasteiger partial charge >= 0.3 is 10.2 Å². The number of H-pyrrole nitrogens is 1. The zero-order valence-electron chi connectivity index (χ0n) is 39.4. The largest absolute Gasteiger partial charge is 0.362 e. The van der Waals surface area contributed by atoms with E-state index in [1.54, 1.807) is 36.7 Å². The molecule has 76 heavy (non-hydrogen) atoms. The van der Waals surface area contributed by atoms with Crippen LogP contribution in [-0.4, -0.2) is 112 Å². The molecular formula is C48H53Cl2F2N17O2S5. The molecule has 400 valence electrons. The number of thiophene rings is 2. The quantitative estimate of drug-likeness (QED) is 0.0397. The number of aromatic nitrogens is 12. The number of pyridine rings is 2. The Labute approximate surface area is 464 Å². The van der Waals surface area contributed by atoms with Gasteiger partial charge in [0.15, 0.2) is 11.6 Å². The summed E-state index contributed by atoms with van der Waals surface area (Å²) < 4.78 is 57.7. The summed E-state index contributed by atoms with van der Waals surface area (Å²) in [5.41, 5.74) is 3.40. The first-order valence-corrected chi connectivity index (χ1v) is 28.1. The molecule has 0 fully saturated rings. The Bertz CT molecular complexity index is 3600. The number of hydrogen-bond donors (Lipinski definition) is 5. The minimum atomic E-state index is -3.79. The van der Waals surface area contributed by atoms with Crippen molar-refractivity contribution in [1.82, 2.24) is 73.7 Å². The van der Waals surface area contributed by atoms with Crippen molar-refractivity contribution in [3.63, 3.8) is 0 Å². The van der Waals surface area contributed by atoms with E-state index >= 15 is 0 Å². The molecule has 0 amide bonds. The van der Waals surface area contributed by atoms with E-state index in [9.17, 15) is 17.2 Å². The molecule has 10 aromatic heterocycles. The molecule has 28 heteroatoms. The van der Waals surface area contributed by atoms with Gasteiger partial charge < -0.3 is 26.3 Å². The van der Waals surface area contributed by atoms with Crippen LogP contribution < -0.4 is 21.3 Å². The van der Waals surface area contributed by atoms with Crippen LogP contribution in [0, 0.1) is 11.6 Å². The highest BCUT2D eigenvalue weighted by Gasteiger charge is 2.26. The van der Waals surface area contributed by atoms with Gasteiger partial charge in [0.25, 0.3) is 0 Å². The second kappa shape index (κ2) is 26.8. The Balaban J connectivity index is 0.000000218. The van der Waals surface area contributed by atoms with Crippen molar-refractivity contribution in [3.05, 3.63) is 139 Å². The standard InChI is InChI=1S/C24H25ClFN9O2S3.C22H20ClFN8S2.2CH4/c1-34(2)40(36,37)35-17(18-5-6-19(25)38-18)13-29-20(35)7-10-27-11-8-21-33-22-23(31-14-32-24(22)39-21)30-12-16-15(26)4-3-9-28-16;23-17-4-3-16(33-17)15-11-27-18(31-15)5-8-25-9-6-19-32-20-21(29-12-30-22(20)34-19)28-10-14-13(24)2-1-7-26-14;;/h3-6,9,13-14,27H,7-8,10-12H2,1-2H3,(H,30,31,32);1-4,7,11-12,25H,5-6,8-10H2,(H,27,31)(H,28,29,30);2*1H4. The first-order chi connectivity index (χ1) is 35.9. The Kier molecular flexibility index (Phi) is 20.3. The topological polar surface area (TPSA) is 235 Å². The molecule has 10 heterocycles. The SMILES string of the molecule is C.C.CN(C)S(=O)(=O)n1c(-c2ccc(Cl)s2)cnc1CCNCCc1nc2c(NCc3ncccc3F)ncnc2s1.Fc1cccnc1CNc1ncnc2sc(CCNCCc3ncc(-c4ccc(Cl)s4)[nH]3)nc12. The van der Waals surface area contributed by atoms with Gasteiger partial charge in [-0.2, -0.15) is 12.7 Å². The average Bonchev–Trinajstić information content (AvgIpc) is 4.28. The second-order valence-corrected chi connectivity index (χ2v) is 23.6. The Morgan fingerprint density at radius 3 is 1.67 bits per heavy atom. The smallest absolute Gasteiger partial charge is 0.309 e. The lowest BCUT2D eigenvalue weighted by Gasteiger charge is -2.17. The summed E-state index contributed by atoms with van der Waals surface area (Å²) in [6, 6.07) is 13.2. The van der Waals surface area contributed by atoms with Gasteiger partial charge in [-0.1, -0.05) is 60.7 Å². The van der Waals surface area contributed by atoms with Gasteiger partial charge in [-0.15, -0.1) is 22.7 Å². The van der Waals surface area contributed by atoms with Crippen LogP contribution >= 0.6 is 68.5 Å². The summed E-state index contributed by atoms with van der Waals surface area (Å²) in [6.07, 6.45) is 12.0. The minimum Gasteiger partial charge on any atom is -0.362 e. The van der Waals surface area contributed by atoms with Crippen molar-refractivity contribution >= 4 is 111 Å². The van der Waals surface area contributed by atoms with E-state index < -0.39 is 10.2 Å². The molecular weight excluding hydrogens is 1120 g/mol. The second-order valence-electron chi connectivity index (χ2n) is 16.1. The molecule has 0 saturated heterocycles. The van der Waals surface area contributed by atoms with Gasteiger partial charge in [-0.3, -0.25) is 9.97 Å². The number of aromatic amines is 1. The average molecular weight is 1170 g/mol. The highest BCUT2D eigenvalue weighted by molar-refractivity contribution is 7.87. The number of halogens is 4. The van der Waals surface area contributed by atoms with E-state index in [0.29, 0.717) is 75.8 Å². The van der Waals surface area contributed by atoms with Gasteiger partial charge in [-0.25, -0.2) is 52.6 Å². The summed E-state index contributed by atoms with van der Waals surface area (Å²) >= 11 is 17.9. The third-order valence-corrected chi connectivity index (χ3v) is 17.2. The van der Waals surface area contributed by atoms with Crippen molar-refractivity contribution in [2.24, 2.45) is 0 Å². The van der Waals surface area contributed by atoms with Gasteiger partial charge in [0.2, 0.25) is 0 Å². The number of rotatable bonds is 22. The molecule has 0 aliphatic rings. The highest BCUT2D eigenvalue weighted by Crippen LogP contribution is 2.34. The maximum atomic E-state index is 13.9. The monoisotopic (exact) mass is 1170 g/mol. The number of anilines is 2. The van der Waals surface area contributed by atoms with Crippen molar-refractivity contribution in [1.29, 1.82) is 0 Å². The van der Waals surface area contributed by atoms with Crippen LogP contribution in [0.4, 0.5) is 20.4 Å². The third-order valence-electron chi connectivity index (χ3n) is 10.9. The lowest BCUT2D eigenvalue weighted by atomic mass is 10.3. The van der Waals surface area contributed by atoms with Gasteiger partial charge in [0, 0.05) is 78.4 Å². The molecule has 0 spiro atoms. The van der Waals surface area contributed by atoms with Crippen molar-refractivity contribution < 1.29 is 17.2 Å². The molecule has 0 unspecified atom stereocenters. The van der Waals surface area contributed by atoms with E-state index in [1.165, 1.54) is 94.4 Å². The summed E-state index contributed by atoms with van der Waals surface area (Å²) in [5.74, 6) is 1.71. The summed E-state index contributed by atoms with van der Waals surface area (Å²) in [5, 5.41) is 14.8. The molecule has 19 nitrogen and oxygen atoms in total.